The number of anilines is 2. The van der Waals surface area contributed by atoms with Gasteiger partial charge in [0, 0.05) is 16.3 Å². The van der Waals surface area contributed by atoms with Crippen molar-refractivity contribution >= 4 is 74.2 Å². The molecule has 6 rings (SSSR count). The number of nitrogens with zero attached hydrogens (tertiary/aromatic N) is 2. The molecule has 9 heteroatoms. The van der Waals surface area contributed by atoms with Gasteiger partial charge in [-0.3, -0.25) is 14.4 Å². The monoisotopic (exact) mass is 596 g/mol. The van der Waals surface area contributed by atoms with Crippen molar-refractivity contribution < 1.29 is 19.1 Å². The molecule has 0 saturated carbocycles. The maximum atomic E-state index is 14.2. The molecule has 3 aromatic rings. The molecule has 0 aliphatic carbocycles. The minimum atomic E-state index is -0.895. The fourth-order valence-corrected chi connectivity index (χ4v) is 6.74. The second kappa shape index (κ2) is 9.01. The van der Waals surface area contributed by atoms with Crippen molar-refractivity contribution in [1.29, 1.82) is 0 Å². The quantitative estimate of drug-likeness (QED) is 0.271. The lowest BCUT2D eigenvalue weighted by molar-refractivity contribution is -0.122. The van der Waals surface area contributed by atoms with Crippen molar-refractivity contribution in [3.8, 4) is 5.75 Å². The van der Waals surface area contributed by atoms with Crippen LogP contribution in [-0.2, 0) is 9.59 Å². The van der Waals surface area contributed by atoms with E-state index < -0.39 is 29.8 Å². The number of ketones is 1. The lowest BCUT2D eigenvalue weighted by Crippen LogP contribution is -2.48. The van der Waals surface area contributed by atoms with Crippen molar-refractivity contribution in [2.75, 3.05) is 16.9 Å². The van der Waals surface area contributed by atoms with Gasteiger partial charge in [-0.25, -0.2) is 4.90 Å². The lowest BCUT2D eigenvalue weighted by atomic mass is 9.86. The number of amides is 2. The largest absolute Gasteiger partial charge is 0.496 e. The first-order valence-electron chi connectivity index (χ1n) is 11.6. The Bertz CT molecular complexity index is 1520. The summed E-state index contributed by atoms with van der Waals surface area (Å²) < 4.78 is 5.94. The molecule has 37 heavy (non-hydrogen) atoms. The number of carbonyl (C=O) groups is 3. The molecule has 2 amide bonds. The fourth-order valence-electron chi connectivity index (χ4n) is 5.70. The van der Waals surface area contributed by atoms with Gasteiger partial charge in [-0.15, -0.1) is 0 Å². The number of benzene rings is 3. The van der Waals surface area contributed by atoms with Gasteiger partial charge >= 0.3 is 0 Å². The van der Waals surface area contributed by atoms with Crippen LogP contribution in [0.2, 0.25) is 10.0 Å². The van der Waals surface area contributed by atoms with Gasteiger partial charge < -0.3 is 9.64 Å². The first-order valence-corrected chi connectivity index (χ1v) is 13.1. The molecule has 4 atom stereocenters. The molecule has 3 aliphatic rings. The zero-order valence-electron chi connectivity index (χ0n) is 19.4. The van der Waals surface area contributed by atoms with E-state index in [-0.39, 0.29) is 22.4 Å². The average Bonchev–Trinajstić information content (AvgIpc) is 3.36. The van der Waals surface area contributed by atoms with E-state index in [9.17, 15) is 14.4 Å². The second-order valence-corrected chi connectivity index (χ2v) is 10.8. The molecule has 3 heterocycles. The highest BCUT2D eigenvalue weighted by Gasteiger charge is 2.64. The summed E-state index contributed by atoms with van der Waals surface area (Å²) in [4.78, 5) is 45.1. The number of rotatable bonds is 4. The van der Waals surface area contributed by atoms with Crippen LogP contribution in [0.25, 0.3) is 6.08 Å². The second-order valence-electron chi connectivity index (χ2n) is 9.13. The molecule has 2 fully saturated rings. The van der Waals surface area contributed by atoms with Crippen LogP contribution >= 0.6 is 39.1 Å². The van der Waals surface area contributed by atoms with Gasteiger partial charge in [0.2, 0.25) is 11.8 Å². The van der Waals surface area contributed by atoms with Crippen LogP contribution in [0, 0.1) is 11.8 Å². The molecule has 0 N–H and O–H groups in total. The van der Waals surface area contributed by atoms with Gasteiger partial charge in [0.1, 0.15) is 11.8 Å². The molecule has 0 aromatic heterocycles. The van der Waals surface area contributed by atoms with Gasteiger partial charge in [-0.05, 0) is 64.0 Å². The molecule has 0 unspecified atom stereocenters. The number of para-hydroxylation sites is 1. The molecular weight excluding hydrogens is 579 g/mol. The van der Waals surface area contributed by atoms with E-state index in [2.05, 4.69) is 15.9 Å². The van der Waals surface area contributed by atoms with Gasteiger partial charge in [0.05, 0.1) is 40.2 Å². The molecule has 2 saturated heterocycles. The van der Waals surface area contributed by atoms with Crippen molar-refractivity contribution in [2.45, 2.75) is 12.1 Å². The number of methoxy groups -OCH3 is 1. The first-order chi connectivity index (χ1) is 17.8. The third kappa shape index (κ3) is 3.63. The van der Waals surface area contributed by atoms with E-state index in [0.717, 1.165) is 16.2 Å². The number of halogens is 3. The normalized spacial score (nSPS) is 23.7. The summed E-state index contributed by atoms with van der Waals surface area (Å²) in [7, 11) is 1.55. The van der Waals surface area contributed by atoms with Crippen LogP contribution in [0.1, 0.15) is 15.9 Å². The Morgan fingerprint density at radius 2 is 1.70 bits per heavy atom. The summed E-state index contributed by atoms with van der Waals surface area (Å²) >= 11 is 15.9. The maximum absolute atomic E-state index is 14.2. The number of hydrogen-bond donors (Lipinski definition) is 0. The van der Waals surface area contributed by atoms with E-state index >= 15 is 0 Å². The van der Waals surface area contributed by atoms with Crippen LogP contribution in [-0.4, -0.2) is 36.8 Å². The van der Waals surface area contributed by atoms with E-state index in [0.29, 0.717) is 20.8 Å². The Morgan fingerprint density at radius 3 is 2.43 bits per heavy atom. The predicted molar refractivity (Wildman–Crippen MR) is 146 cm³/mol. The van der Waals surface area contributed by atoms with E-state index in [4.69, 9.17) is 27.9 Å². The molecule has 3 aliphatic heterocycles. The number of Topliss-reactive ketones (excluding diaryl/α,β-unsaturated/α-hetero) is 1. The van der Waals surface area contributed by atoms with Crippen molar-refractivity contribution in [1.82, 2.24) is 0 Å². The summed E-state index contributed by atoms with van der Waals surface area (Å²) in [5.74, 6) is -2.15. The highest BCUT2D eigenvalue weighted by molar-refractivity contribution is 9.10. The standard InChI is InChI=1S/C28H19BrCl2N2O4/c1-37-22-11-7-15(12-17(22)29)26(34)25-24-23(21-9-6-14-4-2-3-5-19(14)32(21)25)27(35)33(28(24)36)20-10-8-16(30)13-18(20)31/h2-13,21,23-25H,1H3/t21-,23-,24-,25-/m1/s1. The number of hydrogen-bond acceptors (Lipinski definition) is 5. The number of ether oxygens (including phenoxy) is 1. The summed E-state index contributed by atoms with van der Waals surface area (Å²) in [6.45, 7) is 0. The Morgan fingerprint density at radius 1 is 0.946 bits per heavy atom. The Labute approximate surface area is 231 Å². The highest BCUT2D eigenvalue weighted by Crippen LogP contribution is 2.50. The smallest absolute Gasteiger partial charge is 0.240 e. The topological polar surface area (TPSA) is 66.9 Å². The van der Waals surface area contributed by atoms with E-state index in [1.54, 1.807) is 37.4 Å². The molecule has 0 radical (unpaired) electrons. The minimum Gasteiger partial charge on any atom is -0.496 e. The van der Waals surface area contributed by atoms with Crippen LogP contribution in [0.5, 0.6) is 5.75 Å². The Hall–Kier alpha value is -3.13. The Balaban J connectivity index is 1.49. The number of carbonyl (C=O) groups excluding carboxylic acids is 3. The summed E-state index contributed by atoms with van der Waals surface area (Å²) in [6, 6.07) is 16.0. The van der Waals surface area contributed by atoms with E-state index in [1.807, 2.05) is 41.3 Å². The SMILES string of the molecule is COc1ccc(C(=O)[C@H]2[C@@H]3C(=O)N(c4ccc(Cl)cc4Cl)C(=O)[C@@H]3[C@H]3C=Cc4ccccc4N32)cc1Br. The maximum Gasteiger partial charge on any atom is 0.240 e. The average molecular weight is 598 g/mol. The van der Waals surface area contributed by atoms with Crippen molar-refractivity contribution in [2.24, 2.45) is 11.8 Å². The minimum absolute atomic E-state index is 0.192. The van der Waals surface area contributed by atoms with Crippen LogP contribution < -0.4 is 14.5 Å². The fraction of sp³-hybridized carbons (Fsp3) is 0.179. The van der Waals surface area contributed by atoms with Crippen LogP contribution in [0.15, 0.2) is 71.2 Å². The van der Waals surface area contributed by atoms with Gasteiger partial charge in [0.15, 0.2) is 5.78 Å². The zero-order valence-corrected chi connectivity index (χ0v) is 22.5. The molecule has 3 aromatic carbocycles. The molecule has 186 valence electrons. The van der Waals surface area contributed by atoms with Crippen molar-refractivity contribution in [3.05, 3.63) is 92.4 Å². The molecule has 6 nitrogen and oxygen atoms in total. The zero-order chi connectivity index (χ0) is 26.0. The Kier molecular flexibility index (Phi) is 5.90. The number of imide groups is 1. The first kappa shape index (κ1) is 24.2. The highest BCUT2D eigenvalue weighted by atomic mass is 79.9. The lowest BCUT2D eigenvalue weighted by Gasteiger charge is -2.36. The van der Waals surface area contributed by atoms with Crippen LogP contribution in [0.3, 0.4) is 0 Å². The van der Waals surface area contributed by atoms with Gasteiger partial charge in [-0.1, -0.05) is 53.6 Å². The van der Waals surface area contributed by atoms with E-state index in [1.165, 1.54) is 6.07 Å². The van der Waals surface area contributed by atoms with Crippen molar-refractivity contribution in [3.63, 3.8) is 0 Å². The third-order valence-electron chi connectivity index (χ3n) is 7.27. The molecule has 0 bridgehead atoms. The predicted octanol–water partition coefficient (Wildman–Crippen LogP) is 6.04. The summed E-state index contributed by atoms with van der Waals surface area (Å²) in [5, 5.41) is 0.585. The summed E-state index contributed by atoms with van der Waals surface area (Å²) in [6.07, 6.45) is 3.86. The summed E-state index contributed by atoms with van der Waals surface area (Å²) in [5.41, 5.74) is 2.41. The number of fused-ring (bicyclic) bond motifs is 5. The van der Waals surface area contributed by atoms with Gasteiger partial charge in [0.25, 0.3) is 0 Å². The molecule has 0 spiro atoms. The van der Waals surface area contributed by atoms with Crippen LogP contribution in [0.4, 0.5) is 11.4 Å². The molecular formula is C28H19BrCl2N2O4. The van der Waals surface area contributed by atoms with Gasteiger partial charge in [-0.2, -0.15) is 0 Å². The third-order valence-corrected chi connectivity index (χ3v) is 8.43.